The first-order valence-corrected chi connectivity index (χ1v) is 12.0. The second-order valence-electron chi connectivity index (χ2n) is 7.52. The van der Waals surface area contributed by atoms with Gasteiger partial charge in [-0.1, -0.05) is 41.4 Å². The van der Waals surface area contributed by atoms with Gasteiger partial charge in [-0.3, -0.25) is 14.9 Å². The molecule has 0 aliphatic carbocycles. The fourth-order valence-electron chi connectivity index (χ4n) is 3.29. The van der Waals surface area contributed by atoms with Crippen molar-refractivity contribution in [2.24, 2.45) is 0 Å². The highest BCUT2D eigenvalue weighted by Gasteiger charge is 2.36. The first-order chi connectivity index (χ1) is 16.2. The van der Waals surface area contributed by atoms with Gasteiger partial charge in [0, 0.05) is 5.02 Å². The van der Waals surface area contributed by atoms with E-state index in [1.807, 2.05) is 19.1 Å². The van der Waals surface area contributed by atoms with Crippen LogP contribution < -0.4 is 15.0 Å². The minimum atomic E-state index is -0.788. The number of amides is 4. The Hall–Kier alpha value is -2.94. The molecule has 1 N–H and O–H groups in total. The molecule has 9 heteroatoms. The fourth-order valence-corrected chi connectivity index (χ4v) is 4.87. The Morgan fingerprint density at radius 2 is 1.59 bits per heavy atom. The Morgan fingerprint density at radius 3 is 2.21 bits per heavy atom. The molecule has 0 unspecified atom stereocenters. The monoisotopic (exact) mass is 602 g/mol. The number of hydrogen-bond donors (Lipinski definition) is 1. The molecule has 172 valence electrons. The standard InChI is InChI=1S/C25H17Br2ClN2O4/c1-14-2-8-18(9-3-14)30-24(32)19(23(31)29-25(30)33)10-16-11-20(26)22(21(27)12-16)34-13-15-4-6-17(28)7-5-15/h2-12H,13H2,1H3,(H,29,31,33)/b19-10+. The number of anilines is 1. The zero-order valence-corrected chi connectivity index (χ0v) is 21.7. The first-order valence-electron chi connectivity index (χ1n) is 10.1. The Labute approximate surface area is 217 Å². The van der Waals surface area contributed by atoms with Crippen LogP contribution >= 0.6 is 43.5 Å². The second kappa shape index (κ2) is 10.1. The van der Waals surface area contributed by atoms with E-state index in [0.29, 0.717) is 37.6 Å². The number of ether oxygens (including phenoxy) is 1. The molecule has 0 bridgehead atoms. The van der Waals surface area contributed by atoms with Crippen LogP contribution in [0.5, 0.6) is 5.75 Å². The van der Waals surface area contributed by atoms with Crippen LogP contribution in [-0.4, -0.2) is 17.8 Å². The van der Waals surface area contributed by atoms with Crippen molar-refractivity contribution in [2.75, 3.05) is 4.90 Å². The van der Waals surface area contributed by atoms with Crippen molar-refractivity contribution < 1.29 is 19.1 Å². The van der Waals surface area contributed by atoms with Crippen molar-refractivity contribution in [3.63, 3.8) is 0 Å². The number of imide groups is 2. The van der Waals surface area contributed by atoms with Crippen molar-refractivity contribution in [3.8, 4) is 5.75 Å². The largest absolute Gasteiger partial charge is 0.487 e. The highest BCUT2D eigenvalue weighted by Crippen LogP contribution is 2.36. The van der Waals surface area contributed by atoms with Crippen LogP contribution in [0.4, 0.5) is 10.5 Å². The summed E-state index contributed by atoms with van der Waals surface area (Å²) >= 11 is 12.9. The molecular formula is C25H17Br2ClN2O4. The van der Waals surface area contributed by atoms with Crippen LogP contribution in [0.3, 0.4) is 0 Å². The fraction of sp³-hybridized carbons (Fsp3) is 0.0800. The zero-order chi connectivity index (χ0) is 24.4. The van der Waals surface area contributed by atoms with Gasteiger partial charge in [-0.05, 0) is 92.4 Å². The molecule has 4 rings (SSSR count). The van der Waals surface area contributed by atoms with Gasteiger partial charge in [-0.15, -0.1) is 0 Å². The van der Waals surface area contributed by atoms with E-state index in [0.717, 1.165) is 16.0 Å². The van der Waals surface area contributed by atoms with Crippen LogP contribution in [0.1, 0.15) is 16.7 Å². The number of rotatable bonds is 5. The van der Waals surface area contributed by atoms with Crippen LogP contribution in [-0.2, 0) is 16.2 Å². The number of nitrogens with zero attached hydrogens (tertiary/aromatic N) is 1. The number of carbonyl (C=O) groups excluding carboxylic acids is 3. The topological polar surface area (TPSA) is 75.7 Å². The molecule has 0 spiro atoms. The third-order valence-electron chi connectivity index (χ3n) is 5.02. The summed E-state index contributed by atoms with van der Waals surface area (Å²) in [6.07, 6.45) is 1.43. The molecule has 1 aliphatic rings. The van der Waals surface area contributed by atoms with Crippen molar-refractivity contribution >= 4 is 73.1 Å². The molecular weight excluding hydrogens is 588 g/mol. The Balaban J connectivity index is 1.60. The Morgan fingerprint density at radius 1 is 0.971 bits per heavy atom. The van der Waals surface area contributed by atoms with E-state index in [-0.39, 0.29) is 5.57 Å². The number of aryl methyl sites for hydroxylation is 1. The predicted molar refractivity (Wildman–Crippen MR) is 138 cm³/mol. The van der Waals surface area contributed by atoms with Crippen LogP contribution in [0.25, 0.3) is 6.08 Å². The summed E-state index contributed by atoms with van der Waals surface area (Å²) in [5.41, 5.74) is 2.70. The van der Waals surface area contributed by atoms with Gasteiger partial charge in [0.1, 0.15) is 17.9 Å². The Kier molecular flexibility index (Phi) is 7.21. The lowest BCUT2D eigenvalue weighted by Gasteiger charge is -2.26. The lowest BCUT2D eigenvalue weighted by molar-refractivity contribution is -0.122. The highest BCUT2D eigenvalue weighted by atomic mass is 79.9. The molecule has 1 aliphatic heterocycles. The highest BCUT2D eigenvalue weighted by molar-refractivity contribution is 9.11. The number of urea groups is 1. The van der Waals surface area contributed by atoms with Gasteiger partial charge in [-0.25, -0.2) is 9.69 Å². The number of hydrogen-bond acceptors (Lipinski definition) is 4. The molecule has 1 heterocycles. The smallest absolute Gasteiger partial charge is 0.335 e. The van der Waals surface area contributed by atoms with E-state index in [1.165, 1.54) is 6.08 Å². The molecule has 0 aromatic heterocycles. The van der Waals surface area contributed by atoms with Gasteiger partial charge in [0.2, 0.25) is 0 Å². The minimum absolute atomic E-state index is 0.159. The van der Waals surface area contributed by atoms with Crippen LogP contribution in [0, 0.1) is 6.92 Å². The molecule has 34 heavy (non-hydrogen) atoms. The van der Waals surface area contributed by atoms with Gasteiger partial charge >= 0.3 is 6.03 Å². The molecule has 1 fully saturated rings. The van der Waals surface area contributed by atoms with E-state index < -0.39 is 17.8 Å². The number of carbonyl (C=O) groups is 3. The SMILES string of the molecule is Cc1ccc(N2C(=O)NC(=O)/C(=C\c3cc(Br)c(OCc4ccc(Cl)cc4)c(Br)c3)C2=O)cc1. The quantitative estimate of drug-likeness (QED) is 0.270. The molecule has 1 saturated heterocycles. The second-order valence-corrected chi connectivity index (χ2v) is 9.67. The van der Waals surface area contributed by atoms with Crippen LogP contribution in [0.15, 0.2) is 75.2 Å². The maximum Gasteiger partial charge on any atom is 0.335 e. The molecule has 3 aromatic rings. The lowest BCUT2D eigenvalue weighted by Crippen LogP contribution is -2.54. The summed E-state index contributed by atoms with van der Waals surface area (Å²) in [6, 6.07) is 16.9. The van der Waals surface area contributed by atoms with Gasteiger partial charge < -0.3 is 4.74 Å². The third kappa shape index (κ3) is 5.24. The molecule has 0 saturated carbocycles. The summed E-state index contributed by atoms with van der Waals surface area (Å²) < 4.78 is 7.17. The normalized spacial score (nSPS) is 15.0. The van der Waals surface area contributed by atoms with E-state index >= 15 is 0 Å². The third-order valence-corrected chi connectivity index (χ3v) is 6.45. The van der Waals surface area contributed by atoms with Gasteiger partial charge in [0.15, 0.2) is 0 Å². The van der Waals surface area contributed by atoms with E-state index in [9.17, 15) is 14.4 Å². The predicted octanol–water partition coefficient (Wildman–Crippen LogP) is 6.42. The summed E-state index contributed by atoms with van der Waals surface area (Å²) in [5.74, 6) is -0.894. The zero-order valence-electron chi connectivity index (χ0n) is 17.8. The van der Waals surface area contributed by atoms with Gasteiger partial charge in [-0.2, -0.15) is 0 Å². The maximum atomic E-state index is 13.1. The van der Waals surface area contributed by atoms with Crippen molar-refractivity contribution in [3.05, 3.63) is 96.9 Å². The molecule has 0 atom stereocenters. The average Bonchev–Trinajstić information content (AvgIpc) is 2.78. The molecule has 0 radical (unpaired) electrons. The van der Waals surface area contributed by atoms with E-state index in [2.05, 4.69) is 37.2 Å². The molecule has 4 amide bonds. The number of benzene rings is 3. The van der Waals surface area contributed by atoms with E-state index in [4.69, 9.17) is 16.3 Å². The Bertz CT molecular complexity index is 1300. The number of nitrogens with one attached hydrogen (secondary N) is 1. The summed E-state index contributed by atoms with van der Waals surface area (Å²) in [6.45, 7) is 2.22. The van der Waals surface area contributed by atoms with Crippen molar-refractivity contribution in [2.45, 2.75) is 13.5 Å². The van der Waals surface area contributed by atoms with Crippen LogP contribution in [0.2, 0.25) is 5.02 Å². The molecule has 6 nitrogen and oxygen atoms in total. The lowest BCUT2D eigenvalue weighted by atomic mass is 10.1. The van der Waals surface area contributed by atoms with Crippen molar-refractivity contribution in [1.29, 1.82) is 0 Å². The first kappa shape index (κ1) is 24.2. The average molecular weight is 605 g/mol. The molecule has 3 aromatic carbocycles. The van der Waals surface area contributed by atoms with Gasteiger partial charge in [0.05, 0.1) is 14.6 Å². The van der Waals surface area contributed by atoms with E-state index in [1.54, 1.807) is 48.5 Å². The number of halogens is 3. The minimum Gasteiger partial charge on any atom is -0.487 e. The van der Waals surface area contributed by atoms with Gasteiger partial charge in [0.25, 0.3) is 11.8 Å². The maximum absolute atomic E-state index is 13.1. The summed E-state index contributed by atoms with van der Waals surface area (Å²) in [5, 5.41) is 2.87. The number of barbiturate groups is 1. The van der Waals surface area contributed by atoms with Crippen molar-refractivity contribution in [1.82, 2.24) is 5.32 Å². The summed E-state index contributed by atoms with van der Waals surface area (Å²) in [4.78, 5) is 38.9. The summed E-state index contributed by atoms with van der Waals surface area (Å²) in [7, 11) is 0.